The van der Waals surface area contributed by atoms with E-state index in [2.05, 4.69) is 0 Å². The number of aryl methyl sites for hydroxylation is 1. The molecule has 0 saturated carbocycles. The zero-order chi connectivity index (χ0) is 14.8. The van der Waals surface area contributed by atoms with Crippen molar-refractivity contribution in [3.05, 3.63) is 29.8 Å². The maximum Gasteiger partial charge on any atom is 0.242 e. The SMILES string of the molecule is O=C(CN1C(=O)CCc2ccccc21)N1CCC(CO)C1. The molecule has 0 aliphatic carbocycles. The number of hydrogen-bond acceptors (Lipinski definition) is 3. The van der Waals surface area contributed by atoms with Crippen LogP contribution in [-0.2, 0) is 16.0 Å². The molecular weight excluding hydrogens is 268 g/mol. The zero-order valence-electron chi connectivity index (χ0n) is 12.0. The molecule has 1 unspecified atom stereocenters. The molecule has 2 aliphatic heterocycles. The molecule has 2 amide bonds. The van der Waals surface area contributed by atoms with Gasteiger partial charge in [-0.3, -0.25) is 9.59 Å². The third kappa shape index (κ3) is 2.78. The number of rotatable bonds is 3. The van der Waals surface area contributed by atoms with Crippen molar-refractivity contribution in [3.63, 3.8) is 0 Å². The maximum atomic E-state index is 12.4. The lowest BCUT2D eigenvalue weighted by atomic mass is 10.0. The second-order valence-corrected chi connectivity index (χ2v) is 5.79. The summed E-state index contributed by atoms with van der Waals surface area (Å²) < 4.78 is 0. The second kappa shape index (κ2) is 5.85. The summed E-state index contributed by atoms with van der Waals surface area (Å²) in [6, 6.07) is 7.77. The van der Waals surface area contributed by atoms with Crippen molar-refractivity contribution in [2.75, 3.05) is 31.1 Å². The standard InChI is InChI=1S/C16H20N2O3/c19-11-12-7-8-17(9-12)16(21)10-18-14-4-2-1-3-13(14)5-6-15(18)20/h1-4,12,19H,5-11H2. The topological polar surface area (TPSA) is 60.9 Å². The number of para-hydroxylation sites is 1. The number of carbonyl (C=O) groups excluding carboxylic acids is 2. The van der Waals surface area contributed by atoms with Crippen LogP contribution >= 0.6 is 0 Å². The molecule has 1 atom stereocenters. The fourth-order valence-corrected chi connectivity index (χ4v) is 3.11. The Kier molecular flexibility index (Phi) is 3.92. The minimum atomic E-state index is -0.0315. The highest BCUT2D eigenvalue weighted by Gasteiger charge is 2.30. The highest BCUT2D eigenvalue weighted by molar-refractivity contribution is 6.01. The lowest BCUT2D eigenvalue weighted by molar-refractivity contribution is -0.130. The number of aliphatic hydroxyl groups excluding tert-OH is 1. The highest BCUT2D eigenvalue weighted by Crippen LogP contribution is 2.27. The molecule has 5 nitrogen and oxygen atoms in total. The third-order valence-electron chi connectivity index (χ3n) is 4.38. The fraction of sp³-hybridized carbons (Fsp3) is 0.500. The van der Waals surface area contributed by atoms with Crippen LogP contribution in [0.3, 0.4) is 0 Å². The van der Waals surface area contributed by atoms with Crippen LogP contribution in [0.4, 0.5) is 5.69 Å². The van der Waals surface area contributed by atoms with Crippen molar-refractivity contribution in [1.29, 1.82) is 0 Å². The van der Waals surface area contributed by atoms with E-state index in [-0.39, 0.29) is 30.9 Å². The van der Waals surface area contributed by atoms with Crippen LogP contribution in [0.25, 0.3) is 0 Å². The fourth-order valence-electron chi connectivity index (χ4n) is 3.11. The molecule has 112 valence electrons. The van der Waals surface area contributed by atoms with E-state index in [1.54, 1.807) is 9.80 Å². The van der Waals surface area contributed by atoms with E-state index in [9.17, 15) is 9.59 Å². The first-order valence-electron chi connectivity index (χ1n) is 7.46. The van der Waals surface area contributed by atoms with Crippen molar-refractivity contribution in [1.82, 2.24) is 4.90 Å². The number of hydrogen-bond donors (Lipinski definition) is 1. The summed E-state index contributed by atoms with van der Waals surface area (Å²) in [6.45, 7) is 1.50. The van der Waals surface area contributed by atoms with Gasteiger partial charge in [0.2, 0.25) is 11.8 Å². The van der Waals surface area contributed by atoms with Gasteiger partial charge in [0.1, 0.15) is 6.54 Å². The van der Waals surface area contributed by atoms with Crippen LogP contribution in [0, 0.1) is 5.92 Å². The number of benzene rings is 1. The normalized spacial score (nSPS) is 21.6. The summed E-state index contributed by atoms with van der Waals surface area (Å²) in [6.07, 6.45) is 2.05. The molecule has 0 aromatic heterocycles. The summed E-state index contributed by atoms with van der Waals surface area (Å²) in [5.74, 6) is 0.161. The zero-order valence-corrected chi connectivity index (χ0v) is 12.0. The molecule has 0 bridgehead atoms. The van der Waals surface area contributed by atoms with Crippen molar-refractivity contribution in [3.8, 4) is 0 Å². The van der Waals surface area contributed by atoms with Gasteiger partial charge in [0.25, 0.3) is 0 Å². The van der Waals surface area contributed by atoms with Gasteiger partial charge in [-0.1, -0.05) is 18.2 Å². The quantitative estimate of drug-likeness (QED) is 0.895. The van der Waals surface area contributed by atoms with Gasteiger partial charge >= 0.3 is 0 Å². The Morgan fingerprint density at radius 2 is 2.10 bits per heavy atom. The van der Waals surface area contributed by atoms with Crippen LogP contribution in [0.1, 0.15) is 18.4 Å². The number of nitrogens with zero attached hydrogens (tertiary/aromatic N) is 2. The lowest BCUT2D eigenvalue weighted by Crippen LogP contribution is -2.44. The third-order valence-corrected chi connectivity index (χ3v) is 4.38. The number of carbonyl (C=O) groups is 2. The van der Waals surface area contributed by atoms with Crippen molar-refractivity contribution < 1.29 is 14.7 Å². The number of anilines is 1. The van der Waals surface area contributed by atoms with E-state index >= 15 is 0 Å². The van der Waals surface area contributed by atoms with Crippen molar-refractivity contribution in [2.45, 2.75) is 19.3 Å². The van der Waals surface area contributed by atoms with Gasteiger partial charge in [-0.25, -0.2) is 0 Å². The van der Waals surface area contributed by atoms with E-state index in [0.29, 0.717) is 19.5 Å². The molecule has 2 heterocycles. The average Bonchev–Trinajstić information content (AvgIpc) is 2.99. The first-order valence-corrected chi connectivity index (χ1v) is 7.46. The Balaban J connectivity index is 1.72. The highest BCUT2D eigenvalue weighted by atomic mass is 16.3. The molecule has 1 N–H and O–H groups in total. The molecule has 3 rings (SSSR count). The molecular formula is C16H20N2O3. The van der Waals surface area contributed by atoms with Crippen LogP contribution < -0.4 is 4.90 Å². The van der Waals surface area contributed by atoms with E-state index in [1.165, 1.54) is 0 Å². The minimum absolute atomic E-state index is 0.0138. The summed E-state index contributed by atoms with van der Waals surface area (Å²) >= 11 is 0. The van der Waals surface area contributed by atoms with E-state index in [0.717, 1.165) is 24.1 Å². The Morgan fingerprint density at radius 3 is 2.86 bits per heavy atom. The monoisotopic (exact) mass is 288 g/mol. The Morgan fingerprint density at radius 1 is 1.29 bits per heavy atom. The van der Waals surface area contributed by atoms with Gasteiger partial charge in [0, 0.05) is 37.7 Å². The molecule has 1 fully saturated rings. The van der Waals surface area contributed by atoms with Crippen LogP contribution in [0.5, 0.6) is 0 Å². The van der Waals surface area contributed by atoms with Crippen LogP contribution in [-0.4, -0.2) is 48.1 Å². The molecule has 5 heteroatoms. The molecule has 1 aromatic carbocycles. The van der Waals surface area contributed by atoms with Crippen LogP contribution in [0.15, 0.2) is 24.3 Å². The van der Waals surface area contributed by atoms with Crippen LogP contribution in [0.2, 0.25) is 0 Å². The van der Waals surface area contributed by atoms with Gasteiger partial charge < -0.3 is 14.9 Å². The van der Waals surface area contributed by atoms with Gasteiger partial charge in [-0.15, -0.1) is 0 Å². The minimum Gasteiger partial charge on any atom is -0.396 e. The number of amides is 2. The van der Waals surface area contributed by atoms with Crippen molar-refractivity contribution in [2.24, 2.45) is 5.92 Å². The smallest absolute Gasteiger partial charge is 0.242 e. The van der Waals surface area contributed by atoms with Gasteiger partial charge in [0.05, 0.1) is 0 Å². The summed E-state index contributed by atoms with van der Waals surface area (Å²) in [5, 5.41) is 9.16. The van der Waals surface area contributed by atoms with E-state index in [4.69, 9.17) is 5.11 Å². The molecule has 1 saturated heterocycles. The lowest BCUT2D eigenvalue weighted by Gasteiger charge is -2.30. The van der Waals surface area contributed by atoms with Gasteiger partial charge in [-0.05, 0) is 24.5 Å². The first kappa shape index (κ1) is 14.1. The Labute approximate surface area is 124 Å². The molecule has 21 heavy (non-hydrogen) atoms. The second-order valence-electron chi connectivity index (χ2n) is 5.79. The molecule has 1 aromatic rings. The van der Waals surface area contributed by atoms with Gasteiger partial charge in [0.15, 0.2) is 0 Å². The summed E-state index contributed by atoms with van der Waals surface area (Å²) in [4.78, 5) is 27.9. The van der Waals surface area contributed by atoms with Gasteiger partial charge in [-0.2, -0.15) is 0 Å². The Hall–Kier alpha value is -1.88. The number of aliphatic hydroxyl groups is 1. The number of fused-ring (bicyclic) bond motifs is 1. The predicted octanol–water partition coefficient (Wildman–Crippen LogP) is 0.807. The summed E-state index contributed by atoms with van der Waals surface area (Å²) in [5.41, 5.74) is 1.99. The van der Waals surface area contributed by atoms with E-state index < -0.39 is 0 Å². The largest absolute Gasteiger partial charge is 0.396 e. The summed E-state index contributed by atoms with van der Waals surface area (Å²) in [7, 11) is 0. The molecule has 2 aliphatic rings. The molecule has 0 radical (unpaired) electrons. The first-order chi connectivity index (χ1) is 10.2. The predicted molar refractivity (Wildman–Crippen MR) is 78.9 cm³/mol. The van der Waals surface area contributed by atoms with Crippen molar-refractivity contribution >= 4 is 17.5 Å². The maximum absolute atomic E-state index is 12.4. The molecule has 0 spiro atoms. The number of likely N-dealkylation sites (tertiary alicyclic amines) is 1. The Bertz CT molecular complexity index is 558. The van der Waals surface area contributed by atoms with E-state index in [1.807, 2.05) is 24.3 Å². The average molecular weight is 288 g/mol.